The van der Waals surface area contributed by atoms with Crippen molar-refractivity contribution in [3.63, 3.8) is 0 Å². The summed E-state index contributed by atoms with van der Waals surface area (Å²) in [5, 5.41) is 6.78. The summed E-state index contributed by atoms with van der Waals surface area (Å²) in [6, 6.07) is -0.287. The van der Waals surface area contributed by atoms with Crippen molar-refractivity contribution in [2.75, 3.05) is 23.8 Å². The quantitative estimate of drug-likeness (QED) is 0.586. The predicted molar refractivity (Wildman–Crippen MR) is 91.8 cm³/mol. The van der Waals surface area contributed by atoms with E-state index >= 15 is 0 Å². The number of amides is 2. The highest BCUT2D eigenvalue weighted by Crippen LogP contribution is 2.31. The van der Waals surface area contributed by atoms with E-state index in [0.29, 0.717) is 21.7 Å². The summed E-state index contributed by atoms with van der Waals surface area (Å²) >= 11 is 6.95. The van der Waals surface area contributed by atoms with Crippen molar-refractivity contribution in [3.05, 3.63) is 22.0 Å². The van der Waals surface area contributed by atoms with Crippen LogP contribution in [0.25, 0.3) is 0 Å². The molecule has 0 atom stereocenters. The van der Waals surface area contributed by atoms with Crippen LogP contribution >= 0.6 is 22.9 Å². The maximum atomic E-state index is 12.3. The van der Waals surface area contributed by atoms with Gasteiger partial charge in [0.1, 0.15) is 5.00 Å². The van der Waals surface area contributed by atoms with Crippen LogP contribution in [0.3, 0.4) is 0 Å². The lowest BCUT2D eigenvalue weighted by atomic mass is 10.4. The first kappa shape index (κ1) is 22.8. The molecule has 2 aromatic heterocycles. The molecule has 0 fully saturated rings. The van der Waals surface area contributed by atoms with Gasteiger partial charge >= 0.3 is 18.4 Å². The minimum atomic E-state index is -4.72. The summed E-state index contributed by atoms with van der Waals surface area (Å²) in [6.45, 7) is -1.90. The van der Waals surface area contributed by atoms with Gasteiger partial charge in [0.25, 0.3) is 0 Å². The molecule has 0 unspecified atom stereocenters. The van der Waals surface area contributed by atoms with Crippen molar-refractivity contribution in [1.29, 1.82) is 0 Å². The molecule has 0 aliphatic heterocycles. The molecule has 7 nitrogen and oxygen atoms in total. The number of nitrogens with one attached hydrogen (secondary N) is 2. The van der Waals surface area contributed by atoms with Gasteiger partial charge in [0.15, 0.2) is 13.2 Å². The zero-order valence-corrected chi connectivity index (χ0v) is 15.8. The number of hydrogen-bond donors (Lipinski definition) is 2. The standard InChI is InChI=1S/C14H11ClF6N4O3S/c1-6-7(15)3-29-10(6)24-12(26)25-11-22-8(27-4-13(16,17)18)2-9(23-11)28-5-14(19,20)21/h2-3H,4-5H2,1H3,(H2,22,23,24,25,26). The van der Waals surface area contributed by atoms with E-state index in [4.69, 9.17) is 11.6 Å². The third-order valence-electron chi connectivity index (χ3n) is 2.88. The molecule has 0 aliphatic carbocycles. The number of ether oxygens (including phenoxy) is 2. The summed E-state index contributed by atoms with van der Waals surface area (Å²) in [6.07, 6.45) is -9.45. The Bertz CT molecular complexity index is 838. The normalized spacial score (nSPS) is 11.9. The van der Waals surface area contributed by atoms with E-state index in [-0.39, 0.29) is 0 Å². The van der Waals surface area contributed by atoms with Crippen LogP contribution in [-0.2, 0) is 0 Å². The molecule has 29 heavy (non-hydrogen) atoms. The number of hydrogen-bond acceptors (Lipinski definition) is 6. The number of rotatable bonds is 6. The van der Waals surface area contributed by atoms with Gasteiger partial charge in [-0.25, -0.2) is 4.79 Å². The molecular weight excluding hydrogens is 454 g/mol. The van der Waals surface area contributed by atoms with Crippen molar-refractivity contribution in [2.45, 2.75) is 19.3 Å². The fraction of sp³-hybridized carbons (Fsp3) is 0.357. The number of carbonyl (C=O) groups is 1. The Balaban J connectivity index is 2.16. The van der Waals surface area contributed by atoms with Crippen LogP contribution in [0.4, 0.5) is 42.1 Å². The number of halogens is 7. The highest BCUT2D eigenvalue weighted by atomic mass is 35.5. The van der Waals surface area contributed by atoms with Gasteiger partial charge < -0.3 is 9.47 Å². The Labute approximate surface area is 168 Å². The second-order valence-corrected chi connectivity index (χ2v) is 6.58. The number of aromatic nitrogens is 2. The van der Waals surface area contributed by atoms with Gasteiger partial charge in [0, 0.05) is 10.9 Å². The Kier molecular flexibility index (Phi) is 7.00. The monoisotopic (exact) mass is 464 g/mol. The minimum Gasteiger partial charge on any atom is -0.468 e. The second kappa shape index (κ2) is 8.90. The first-order valence-electron chi connectivity index (χ1n) is 7.42. The summed E-state index contributed by atoms with van der Waals surface area (Å²) < 4.78 is 82.6. The van der Waals surface area contributed by atoms with Gasteiger partial charge in [-0.15, -0.1) is 11.3 Å². The van der Waals surface area contributed by atoms with E-state index in [1.165, 1.54) is 0 Å². The lowest BCUT2D eigenvalue weighted by Crippen LogP contribution is -2.23. The van der Waals surface area contributed by atoms with E-state index in [2.05, 4.69) is 30.1 Å². The van der Waals surface area contributed by atoms with Gasteiger partial charge in [-0.1, -0.05) is 11.6 Å². The Hall–Kier alpha value is -2.48. The highest BCUT2D eigenvalue weighted by Gasteiger charge is 2.30. The molecule has 0 aromatic carbocycles. The maximum absolute atomic E-state index is 12.3. The summed E-state index contributed by atoms with van der Waals surface area (Å²) in [7, 11) is 0. The van der Waals surface area contributed by atoms with Crippen LogP contribution in [0.5, 0.6) is 11.8 Å². The van der Waals surface area contributed by atoms with Crippen LogP contribution in [0, 0.1) is 6.92 Å². The SMILES string of the molecule is Cc1c(Cl)csc1NC(=O)Nc1nc(OCC(F)(F)F)cc(OCC(F)(F)F)n1. The van der Waals surface area contributed by atoms with E-state index in [9.17, 15) is 31.1 Å². The van der Waals surface area contributed by atoms with E-state index in [1.807, 2.05) is 0 Å². The topological polar surface area (TPSA) is 85.4 Å². The summed E-state index contributed by atoms with van der Waals surface area (Å²) in [4.78, 5) is 19.0. The van der Waals surface area contributed by atoms with Gasteiger partial charge in [0.05, 0.1) is 11.1 Å². The lowest BCUT2D eigenvalue weighted by molar-refractivity contribution is -0.154. The molecule has 0 aliphatic rings. The first-order valence-corrected chi connectivity index (χ1v) is 8.68. The fourth-order valence-corrected chi connectivity index (χ4v) is 2.79. The Morgan fingerprint density at radius 1 is 1.07 bits per heavy atom. The minimum absolute atomic E-state index is 0.366. The lowest BCUT2D eigenvalue weighted by Gasteiger charge is -2.13. The number of carbonyl (C=O) groups excluding carboxylic acids is 1. The molecule has 0 saturated carbocycles. The smallest absolute Gasteiger partial charge is 0.422 e. The van der Waals surface area contributed by atoms with Gasteiger partial charge in [-0.3, -0.25) is 10.6 Å². The molecule has 0 saturated heterocycles. The van der Waals surface area contributed by atoms with Crippen molar-refractivity contribution in [1.82, 2.24) is 9.97 Å². The molecule has 0 spiro atoms. The van der Waals surface area contributed by atoms with Crippen molar-refractivity contribution >= 4 is 39.9 Å². The number of nitrogens with zero attached hydrogens (tertiary/aromatic N) is 2. The van der Waals surface area contributed by atoms with Crippen molar-refractivity contribution < 1.29 is 40.6 Å². The number of urea groups is 1. The third kappa shape index (κ3) is 7.81. The summed E-state index contributed by atoms with van der Waals surface area (Å²) in [5.74, 6) is -2.14. The predicted octanol–water partition coefficient (Wildman–Crippen LogP) is 5.03. The molecule has 2 aromatic rings. The average Bonchev–Trinajstić information content (AvgIpc) is 2.89. The van der Waals surface area contributed by atoms with Gasteiger partial charge in [-0.05, 0) is 6.92 Å². The van der Waals surface area contributed by atoms with Crippen LogP contribution in [0.2, 0.25) is 5.02 Å². The zero-order chi connectivity index (χ0) is 21.8. The van der Waals surface area contributed by atoms with Gasteiger partial charge in [0.2, 0.25) is 17.7 Å². The fourth-order valence-electron chi connectivity index (χ4n) is 1.67. The van der Waals surface area contributed by atoms with Crippen molar-refractivity contribution in [2.24, 2.45) is 0 Å². The van der Waals surface area contributed by atoms with E-state index in [0.717, 1.165) is 11.3 Å². The number of thiophene rings is 1. The molecule has 0 radical (unpaired) electrons. The molecule has 15 heteroatoms. The first-order chi connectivity index (χ1) is 13.3. The molecule has 2 amide bonds. The van der Waals surface area contributed by atoms with Crippen molar-refractivity contribution in [3.8, 4) is 11.8 Å². The molecule has 160 valence electrons. The maximum Gasteiger partial charge on any atom is 0.422 e. The molecule has 2 N–H and O–H groups in total. The second-order valence-electron chi connectivity index (χ2n) is 5.29. The molecule has 2 heterocycles. The zero-order valence-electron chi connectivity index (χ0n) is 14.2. The van der Waals surface area contributed by atoms with Crippen LogP contribution in [0.1, 0.15) is 5.56 Å². The Morgan fingerprint density at radius 2 is 1.59 bits per heavy atom. The third-order valence-corrected chi connectivity index (χ3v) is 4.40. The van der Waals surface area contributed by atoms with Crippen LogP contribution in [0.15, 0.2) is 11.4 Å². The Morgan fingerprint density at radius 3 is 2.00 bits per heavy atom. The van der Waals surface area contributed by atoms with E-state index in [1.54, 1.807) is 12.3 Å². The molecular formula is C14H11ClF6N4O3S. The largest absolute Gasteiger partial charge is 0.468 e. The van der Waals surface area contributed by atoms with E-state index < -0.39 is 49.3 Å². The van der Waals surface area contributed by atoms with Crippen LogP contribution < -0.4 is 20.1 Å². The molecule has 0 bridgehead atoms. The number of anilines is 2. The molecule has 2 rings (SSSR count). The summed E-state index contributed by atoms with van der Waals surface area (Å²) in [5.41, 5.74) is 0.559. The highest BCUT2D eigenvalue weighted by molar-refractivity contribution is 7.15. The van der Waals surface area contributed by atoms with Crippen LogP contribution in [-0.4, -0.2) is 41.6 Å². The van der Waals surface area contributed by atoms with Gasteiger partial charge in [-0.2, -0.15) is 36.3 Å². The average molecular weight is 465 g/mol. The number of alkyl halides is 6.